The summed E-state index contributed by atoms with van der Waals surface area (Å²) in [5.74, 6) is -3.93. The van der Waals surface area contributed by atoms with Crippen LogP contribution in [0.3, 0.4) is 0 Å². The van der Waals surface area contributed by atoms with Crippen LogP contribution < -0.4 is 9.47 Å². The van der Waals surface area contributed by atoms with E-state index in [9.17, 15) is 22.0 Å². The van der Waals surface area contributed by atoms with Crippen molar-refractivity contribution in [1.29, 1.82) is 0 Å². The van der Waals surface area contributed by atoms with Gasteiger partial charge in [0.2, 0.25) is 0 Å². The number of benzene rings is 2. The van der Waals surface area contributed by atoms with E-state index in [1.165, 1.54) is 21.3 Å². The van der Waals surface area contributed by atoms with Crippen LogP contribution in [-0.2, 0) is 13.0 Å². The first-order chi connectivity index (χ1) is 13.6. The molecular weight excluding hydrogens is 393 g/mol. The van der Waals surface area contributed by atoms with Gasteiger partial charge in [-0.3, -0.25) is 0 Å². The lowest BCUT2D eigenvalue weighted by Gasteiger charge is -2.21. The second-order valence-electron chi connectivity index (χ2n) is 6.38. The van der Waals surface area contributed by atoms with Gasteiger partial charge in [-0.1, -0.05) is 12.1 Å². The van der Waals surface area contributed by atoms with E-state index in [1.54, 1.807) is 48.5 Å². The number of aromatic nitrogens is 1. The van der Waals surface area contributed by atoms with E-state index in [4.69, 9.17) is 9.47 Å². The second kappa shape index (κ2) is 7.42. The van der Waals surface area contributed by atoms with Crippen molar-refractivity contribution >= 4 is 0 Å². The van der Waals surface area contributed by atoms with E-state index in [1.807, 2.05) is 0 Å². The number of rotatable bonds is 5. The molecule has 0 saturated heterocycles. The van der Waals surface area contributed by atoms with Crippen LogP contribution in [-0.4, -0.2) is 25.0 Å². The van der Waals surface area contributed by atoms with Crippen LogP contribution >= 0.6 is 0 Å². The highest BCUT2D eigenvalue weighted by atomic mass is 19.4. The van der Waals surface area contributed by atoms with Gasteiger partial charge in [-0.2, -0.15) is 22.0 Å². The van der Waals surface area contributed by atoms with Gasteiger partial charge < -0.3 is 14.0 Å². The Balaban J connectivity index is 2.25. The molecule has 0 fully saturated rings. The van der Waals surface area contributed by atoms with Gasteiger partial charge in [0.1, 0.15) is 11.5 Å². The van der Waals surface area contributed by atoms with Gasteiger partial charge in [0, 0.05) is 12.6 Å². The third kappa shape index (κ3) is 3.66. The van der Waals surface area contributed by atoms with Crippen LogP contribution in [0.2, 0.25) is 0 Å². The van der Waals surface area contributed by atoms with E-state index >= 15 is 0 Å². The van der Waals surface area contributed by atoms with Crippen LogP contribution in [0, 0.1) is 0 Å². The summed E-state index contributed by atoms with van der Waals surface area (Å²) >= 11 is 0. The van der Waals surface area contributed by atoms with Crippen LogP contribution in [0.15, 0.2) is 54.6 Å². The largest absolute Gasteiger partial charge is 0.497 e. The minimum atomic E-state index is -5.71. The molecule has 3 rings (SSSR count). The molecule has 0 atom stereocenters. The topological polar surface area (TPSA) is 23.4 Å². The fourth-order valence-electron chi connectivity index (χ4n) is 3.14. The number of nitrogens with zero attached hydrogens (tertiary/aromatic N) is 1. The molecule has 0 unspecified atom stereocenters. The maximum absolute atomic E-state index is 14.2. The SMILES string of the molecule is COc1ccc(-c2cc(C(F)(F)C(F)(F)F)n(C)c2-c2ccc(OC)cc2)cc1. The van der Waals surface area contributed by atoms with Crippen LogP contribution in [0.5, 0.6) is 11.5 Å². The molecule has 0 aliphatic carbocycles. The third-order valence-corrected chi connectivity index (χ3v) is 4.68. The van der Waals surface area contributed by atoms with Crippen molar-refractivity contribution in [3.8, 4) is 33.9 Å². The molecule has 0 aliphatic heterocycles. The van der Waals surface area contributed by atoms with Gasteiger partial charge in [-0.25, -0.2) is 0 Å². The molecule has 0 aliphatic rings. The van der Waals surface area contributed by atoms with Crippen molar-refractivity contribution < 1.29 is 31.4 Å². The smallest absolute Gasteiger partial charge is 0.459 e. The summed E-state index contributed by atoms with van der Waals surface area (Å²) in [6, 6.07) is 13.8. The van der Waals surface area contributed by atoms with Crippen molar-refractivity contribution in [3.63, 3.8) is 0 Å². The molecular formula is C21H18F5NO2. The molecule has 0 amide bonds. The van der Waals surface area contributed by atoms with E-state index in [-0.39, 0.29) is 11.3 Å². The number of hydrogen-bond donors (Lipinski definition) is 0. The van der Waals surface area contributed by atoms with Crippen LogP contribution in [0.4, 0.5) is 22.0 Å². The van der Waals surface area contributed by atoms with E-state index < -0.39 is 17.8 Å². The molecule has 0 radical (unpaired) electrons. The second-order valence-corrected chi connectivity index (χ2v) is 6.38. The Morgan fingerprint density at radius 3 is 1.59 bits per heavy atom. The number of alkyl halides is 5. The monoisotopic (exact) mass is 411 g/mol. The Morgan fingerprint density at radius 2 is 1.17 bits per heavy atom. The third-order valence-electron chi connectivity index (χ3n) is 4.68. The first-order valence-electron chi connectivity index (χ1n) is 8.53. The summed E-state index contributed by atoms with van der Waals surface area (Å²) in [7, 11) is 4.15. The Hall–Kier alpha value is -3.03. The summed E-state index contributed by atoms with van der Waals surface area (Å²) in [5.41, 5.74) is 0.303. The standard InChI is InChI=1S/C21H18F5NO2/c1-27-18(20(22,23)21(24,25)26)12-17(13-4-8-15(28-2)9-5-13)19(27)14-6-10-16(29-3)11-7-14/h4-12H,1-3H3. The quantitative estimate of drug-likeness (QED) is 0.479. The lowest BCUT2D eigenvalue weighted by molar-refractivity contribution is -0.291. The summed E-state index contributed by atoms with van der Waals surface area (Å²) in [5, 5.41) is 0. The fourth-order valence-corrected chi connectivity index (χ4v) is 3.14. The van der Waals surface area contributed by atoms with Crippen molar-refractivity contribution in [2.45, 2.75) is 12.1 Å². The molecule has 8 heteroatoms. The van der Waals surface area contributed by atoms with Gasteiger partial charge in [0.05, 0.1) is 25.6 Å². The van der Waals surface area contributed by atoms with Crippen molar-refractivity contribution in [1.82, 2.24) is 4.57 Å². The van der Waals surface area contributed by atoms with Crippen molar-refractivity contribution in [2.75, 3.05) is 14.2 Å². The average molecular weight is 411 g/mol. The molecule has 0 bridgehead atoms. The zero-order valence-corrected chi connectivity index (χ0v) is 15.8. The number of hydrogen-bond acceptors (Lipinski definition) is 2. The Bertz CT molecular complexity index is 990. The molecule has 154 valence electrons. The molecule has 0 saturated carbocycles. The number of ether oxygens (including phenoxy) is 2. The summed E-state index contributed by atoms with van der Waals surface area (Å²) in [6.45, 7) is 0. The van der Waals surface area contributed by atoms with E-state index in [0.29, 0.717) is 22.6 Å². The fraction of sp³-hybridized carbons (Fsp3) is 0.238. The molecule has 0 spiro atoms. The van der Waals surface area contributed by atoms with E-state index in [0.717, 1.165) is 10.6 Å². The normalized spacial score (nSPS) is 12.1. The number of halogens is 5. The van der Waals surface area contributed by atoms with Crippen molar-refractivity contribution in [2.24, 2.45) is 7.05 Å². The summed E-state index contributed by atoms with van der Waals surface area (Å²) < 4.78 is 78.6. The average Bonchev–Trinajstić information content (AvgIpc) is 3.05. The number of methoxy groups -OCH3 is 2. The predicted molar refractivity (Wildman–Crippen MR) is 99.3 cm³/mol. The van der Waals surface area contributed by atoms with Gasteiger partial charge >= 0.3 is 12.1 Å². The molecule has 29 heavy (non-hydrogen) atoms. The predicted octanol–water partition coefficient (Wildman–Crippen LogP) is 6.03. The highest BCUT2D eigenvalue weighted by Crippen LogP contribution is 2.47. The molecule has 3 nitrogen and oxygen atoms in total. The minimum absolute atomic E-state index is 0.233. The lowest BCUT2D eigenvalue weighted by Crippen LogP contribution is -2.35. The zero-order valence-electron chi connectivity index (χ0n) is 15.8. The highest BCUT2D eigenvalue weighted by Gasteiger charge is 2.60. The Morgan fingerprint density at radius 1 is 0.724 bits per heavy atom. The van der Waals surface area contributed by atoms with Gasteiger partial charge in [0.25, 0.3) is 0 Å². The maximum atomic E-state index is 14.2. The van der Waals surface area contributed by atoms with Crippen molar-refractivity contribution in [3.05, 3.63) is 60.3 Å². The zero-order chi connectivity index (χ0) is 21.4. The Kier molecular flexibility index (Phi) is 5.30. The Labute approximate surface area is 164 Å². The lowest BCUT2D eigenvalue weighted by atomic mass is 10.0. The van der Waals surface area contributed by atoms with Gasteiger partial charge in [0.15, 0.2) is 0 Å². The maximum Gasteiger partial charge on any atom is 0.459 e. The molecule has 0 N–H and O–H groups in total. The van der Waals surface area contributed by atoms with Gasteiger partial charge in [-0.05, 0) is 53.6 Å². The first kappa shape index (κ1) is 20.7. The first-order valence-corrected chi connectivity index (χ1v) is 8.53. The van der Waals surface area contributed by atoms with Crippen LogP contribution in [0.25, 0.3) is 22.4 Å². The molecule has 1 aromatic heterocycles. The van der Waals surface area contributed by atoms with E-state index in [2.05, 4.69) is 0 Å². The molecule has 2 aromatic carbocycles. The molecule has 3 aromatic rings. The molecule has 1 heterocycles. The summed E-state index contributed by atoms with van der Waals surface area (Å²) in [6.07, 6.45) is -5.71. The summed E-state index contributed by atoms with van der Waals surface area (Å²) in [4.78, 5) is 0. The highest BCUT2D eigenvalue weighted by molar-refractivity contribution is 5.83. The van der Waals surface area contributed by atoms with Crippen LogP contribution in [0.1, 0.15) is 5.69 Å². The minimum Gasteiger partial charge on any atom is -0.497 e. The van der Waals surface area contributed by atoms with Gasteiger partial charge in [-0.15, -0.1) is 0 Å².